The van der Waals surface area contributed by atoms with Gasteiger partial charge in [-0.2, -0.15) is 0 Å². The number of methoxy groups -OCH3 is 1. The van der Waals surface area contributed by atoms with E-state index in [0.717, 1.165) is 5.56 Å². The van der Waals surface area contributed by atoms with Crippen LogP contribution in [0.2, 0.25) is 0 Å². The summed E-state index contributed by atoms with van der Waals surface area (Å²) in [4.78, 5) is 24.1. The van der Waals surface area contributed by atoms with Gasteiger partial charge >= 0.3 is 5.97 Å². The van der Waals surface area contributed by atoms with Crippen LogP contribution in [0.1, 0.15) is 12.0 Å². The van der Waals surface area contributed by atoms with E-state index in [4.69, 9.17) is 14.2 Å². The van der Waals surface area contributed by atoms with Crippen LogP contribution in [0, 0.1) is 5.41 Å². The molecule has 0 saturated carbocycles. The number of carbonyl (C=O) groups excluding carboxylic acids is 2. The van der Waals surface area contributed by atoms with Gasteiger partial charge in [0.25, 0.3) is 0 Å². The van der Waals surface area contributed by atoms with Crippen LogP contribution < -0.4 is 5.32 Å². The molecule has 2 atom stereocenters. The summed E-state index contributed by atoms with van der Waals surface area (Å²) in [6.07, 6.45) is -0.874. The van der Waals surface area contributed by atoms with Crippen molar-refractivity contribution in [3.05, 3.63) is 35.9 Å². The Balaban J connectivity index is 1.78. The Bertz CT molecular complexity index is 541. The fourth-order valence-electron chi connectivity index (χ4n) is 2.53. The molecule has 132 valence electrons. The molecule has 0 aromatic heterocycles. The minimum absolute atomic E-state index is 0.0755. The third-order valence-electron chi connectivity index (χ3n) is 3.96. The number of hydrogen-bond donors (Lipinski definition) is 2. The molecule has 0 radical (unpaired) electrons. The van der Waals surface area contributed by atoms with Crippen LogP contribution in [-0.2, 0) is 30.4 Å². The first-order valence-electron chi connectivity index (χ1n) is 7.81. The fraction of sp³-hybridized carbons (Fsp3) is 0.529. The van der Waals surface area contributed by atoms with Gasteiger partial charge in [0.1, 0.15) is 6.61 Å². The largest absolute Gasteiger partial charge is 0.459 e. The first-order valence-corrected chi connectivity index (χ1v) is 7.81. The molecule has 1 aromatic carbocycles. The zero-order valence-electron chi connectivity index (χ0n) is 13.7. The third-order valence-corrected chi connectivity index (χ3v) is 3.96. The molecule has 1 heterocycles. The molecule has 0 bridgehead atoms. The van der Waals surface area contributed by atoms with E-state index in [1.54, 1.807) is 0 Å². The maximum Gasteiger partial charge on any atom is 0.337 e. The van der Waals surface area contributed by atoms with E-state index in [1.165, 1.54) is 7.11 Å². The van der Waals surface area contributed by atoms with Crippen LogP contribution in [0.25, 0.3) is 0 Å². The van der Waals surface area contributed by atoms with Gasteiger partial charge in [0.05, 0.1) is 25.2 Å². The molecule has 0 spiro atoms. The average molecular weight is 337 g/mol. The molecule has 1 amide bonds. The molecule has 1 saturated heterocycles. The van der Waals surface area contributed by atoms with Crippen LogP contribution in [-0.4, -0.2) is 56.6 Å². The molecule has 7 heteroatoms. The first kappa shape index (κ1) is 18.4. The Hall–Kier alpha value is -1.96. The average Bonchev–Trinajstić information content (AvgIpc) is 3.08. The Labute approximate surface area is 140 Å². The SMILES string of the molecule is COC[C@]1(C(=O)NC[C@H](O)C(=O)OCc2ccccc2)CCOC1. The monoisotopic (exact) mass is 337 g/mol. The maximum absolute atomic E-state index is 12.3. The highest BCUT2D eigenvalue weighted by Crippen LogP contribution is 2.29. The van der Waals surface area contributed by atoms with Gasteiger partial charge in [0.2, 0.25) is 5.91 Å². The number of aliphatic hydroxyl groups is 1. The highest BCUT2D eigenvalue weighted by Gasteiger charge is 2.42. The lowest BCUT2D eigenvalue weighted by Gasteiger charge is -2.25. The molecule has 24 heavy (non-hydrogen) atoms. The predicted molar refractivity (Wildman–Crippen MR) is 85.0 cm³/mol. The third kappa shape index (κ3) is 4.77. The van der Waals surface area contributed by atoms with Crippen LogP contribution in [0.4, 0.5) is 0 Å². The molecule has 1 aromatic rings. The molecule has 2 rings (SSSR count). The van der Waals surface area contributed by atoms with E-state index in [9.17, 15) is 14.7 Å². The minimum atomic E-state index is -1.42. The minimum Gasteiger partial charge on any atom is -0.459 e. The maximum atomic E-state index is 12.3. The Morgan fingerprint density at radius 1 is 1.38 bits per heavy atom. The smallest absolute Gasteiger partial charge is 0.337 e. The van der Waals surface area contributed by atoms with Gasteiger partial charge < -0.3 is 24.6 Å². The number of aliphatic hydroxyl groups excluding tert-OH is 1. The summed E-state index contributed by atoms with van der Waals surface area (Å²) in [5.74, 6) is -1.07. The van der Waals surface area contributed by atoms with Crippen molar-refractivity contribution in [2.75, 3.05) is 33.5 Å². The van der Waals surface area contributed by atoms with Gasteiger partial charge in [-0.25, -0.2) is 4.79 Å². The molecule has 7 nitrogen and oxygen atoms in total. The van der Waals surface area contributed by atoms with Crippen LogP contribution in [0.5, 0.6) is 0 Å². The number of ether oxygens (including phenoxy) is 3. The van der Waals surface area contributed by atoms with Crippen LogP contribution in [0.15, 0.2) is 30.3 Å². The number of carbonyl (C=O) groups is 2. The Morgan fingerprint density at radius 3 is 2.75 bits per heavy atom. The lowest BCUT2D eigenvalue weighted by atomic mass is 9.87. The van der Waals surface area contributed by atoms with E-state index in [2.05, 4.69) is 5.32 Å². The topological polar surface area (TPSA) is 94.1 Å². The normalized spacial score (nSPS) is 21.2. The Morgan fingerprint density at radius 2 is 2.12 bits per heavy atom. The summed E-state index contributed by atoms with van der Waals surface area (Å²) in [5, 5.41) is 12.4. The van der Waals surface area contributed by atoms with E-state index in [1.807, 2.05) is 30.3 Å². The highest BCUT2D eigenvalue weighted by atomic mass is 16.5. The van der Waals surface area contributed by atoms with Crippen LogP contribution in [0.3, 0.4) is 0 Å². The number of hydrogen-bond acceptors (Lipinski definition) is 6. The van der Waals surface area contributed by atoms with E-state index in [0.29, 0.717) is 13.0 Å². The molecule has 1 aliphatic heterocycles. The number of nitrogens with one attached hydrogen (secondary N) is 1. The number of esters is 1. The van der Waals surface area contributed by atoms with Crippen molar-refractivity contribution in [1.29, 1.82) is 0 Å². The number of benzene rings is 1. The highest BCUT2D eigenvalue weighted by molar-refractivity contribution is 5.84. The Kier molecular flexibility index (Phi) is 6.72. The van der Waals surface area contributed by atoms with Crippen LogP contribution >= 0.6 is 0 Å². The molecule has 1 aliphatic rings. The molecule has 0 unspecified atom stereocenters. The van der Waals surface area contributed by atoms with Gasteiger partial charge in [-0.15, -0.1) is 0 Å². The van der Waals surface area contributed by atoms with Gasteiger partial charge in [-0.1, -0.05) is 30.3 Å². The van der Waals surface area contributed by atoms with Gasteiger partial charge in [-0.05, 0) is 12.0 Å². The van der Waals surface area contributed by atoms with Crippen molar-refractivity contribution in [1.82, 2.24) is 5.32 Å². The summed E-state index contributed by atoms with van der Waals surface area (Å²) >= 11 is 0. The van der Waals surface area contributed by atoms with Crippen molar-refractivity contribution in [3.63, 3.8) is 0 Å². The second-order valence-electron chi connectivity index (χ2n) is 5.84. The second kappa shape index (κ2) is 8.77. The van der Waals surface area contributed by atoms with E-state index in [-0.39, 0.29) is 32.3 Å². The van der Waals surface area contributed by atoms with Gasteiger partial charge in [-0.3, -0.25) is 4.79 Å². The summed E-state index contributed by atoms with van der Waals surface area (Å²) in [5.41, 5.74) is 0.0619. The molecule has 1 fully saturated rings. The second-order valence-corrected chi connectivity index (χ2v) is 5.84. The number of rotatable bonds is 8. The quantitative estimate of drug-likeness (QED) is 0.661. The lowest BCUT2D eigenvalue weighted by molar-refractivity contribution is -0.155. The summed E-state index contributed by atoms with van der Waals surface area (Å²) in [6, 6.07) is 9.15. The predicted octanol–water partition coefficient (Wildman–Crippen LogP) is 0.260. The van der Waals surface area contributed by atoms with Crippen molar-refractivity contribution in [2.45, 2.75) is 19.1 Å². The summed E-state index contributed by atoms with van der Waals surface area (Å²) < 4.78 is 15.4. The van der Waals surface area contributed by atoms with Crippen molar-refractivity contribution >= 4 is 11.9 Å². The lowest BCUT2D eigenvalue weighted by Crippen LogP contribution is -2.48. The molecular formula is C17H23NO6. The van der Waals surface area contributed by atoms with Gasteiger partial charge in [0, 0.05) is 13.7 Å². The number of amides is 1. The molecule has 2 N–H and O–H groups in total. The molecular weight excluding hydrogens is 314 g/mol. The van der Waals surface area contributed by atoms with Gasteiger partial charge in [0.15, 0.2) is 6.10 Å². The fourth-order valence-corrected chi connectivity index (χ4v) is 2.53. The standard InChI is InChI=1S/C17H23NO6/c1-22-11-17(7-8-23-12-17)16(21)18-9-14(19)15(20)24-10-13-5-3-2-4-6-13/h2-6,14,19H,7-12H2,1H3,(H,18,21)/t14-,17+/m0/s1. The summed E-state index contributed by atoms with van der Waals surface area (Å²) in [6.45, 7) is 0.844. The van der Waals surface area contributed by atoms with Crippen molar-refractivity contribution in [3.8, 4) is 0 Å². The summed E-state index contributed by atoms with van der Waals surface area (Å²) in [7, 11) is 1.52. The van der Waals surface area contributed by atoms with E-state index >= 15 is 0 Å². The van der Waals surface area contributed by atoms with Crippen molar-refractivity contribution in [2.24, 2.45) is 5.41 Å². The zero-order chi connectivity index (χ0) is 17.4. The molecule has 0 aliphatic carbocycles. The zero-order valence-corrected chi connectivity index (χ0v) is 13.7. The van der Waals surface area contributed by atoms with Crippen molar-refractivity contribution < 1.29 is 28.9 Å². The first-order chi connectivity index (χ1) is 11.6. The van der Waals surface area contributed by atoms with E-state index < -0.39 is 17.5 Å².